The van der Waals surface area contributed by atoms with Crippen LogP contribution in [0.15, 0.2) is 18.2 Å². The van der Waals surface area contributed by atoms with Crippen molar-refractivity contribution in [1.82, 2.24) is 9.80 Å². The minimum Gasteiger partial charge on any atom is -0.448 e. The lowest BCUT2D eigenvalue weighted by atomic mass is 9.91. The average molecular weight is 352 g/mol. The maximum absolute atomic E-state index is 13.3. The van der Waals surface area contributed by atoms with Crippen LogP contribution in [0, 0.1) is 17.6 Å². The molecule has 0 saturated carbocycles. The molecule has 1 aromatic rings. The second-order valence-corrected chi connectivity index (χ2v) is 6.67. The number of likely N-dealkylation sites (tertiary alicyclic amines) is 1. The van der Waals surface area contributed by atoms with E-state index in [2.05, 4.69) is 0 Å². The summed E-state index contributed by atoms with van der Waals surface area (Å²) in [4.78, 5) is 27.1. The number of ether oxygens (including phenoxy) is 1. The molecule has 2 saturated heterocycles. The van der Waals surface area contributed by atoms with Crippen LogP contribution in [0.1, 0.15) is 24.8 Å². The van der Waals surface area contributed by atoms with E-state index in [1.165, 1.54) is 11.0 Å². The Morgan fingerprint density at radius 3 is 2.80 bits per heavy atom. The van der Waals surface area contributed by atoms with Gasteiger partial charge in [-0.15, -0.1) is 0 Å². The molecule has 1 aromatic carbocycles. The van der Waals surface area contributed by atoms with Gasteiger partial charge in [0.25, 0.3) is 0 Å². The number of aryl methyl sites for hydroxylation is 1. The van der Waals surface area contributed by atoms with Crippen LogP contribution in [0.25, 0.3) is 0 Å². The molecule has 2 aliphatic heterocycles. The van der Waals surface area contributed by atoms with E-state index in [0.717, 1.165) is 30.9 Å². The van der Waals surface area contributed by atoms with Gasteiger partial charge in [0.2, 0.25) is 5.91 Å². The zero-order chi connectivity index (χ0) is 17.8. The fourth-order valence-electron chi connectivity index (χ4n) is 3.43. The molecule has 1 atom stereocenters. The maximum Gasteiger partial charge on any atom is 0.410 e. The van der Waals surface area contributed by atoms with Crippen LogP contribution in [0.2, 0.25) is 0 Å². The molecule has 0 aliphatic carbocycles. The van der Waals surface area contributed by atoms with Crippen LogP contribution in [0.5, 0.6) is 0 Å². The number of nitrogens with zero attached hydrogens (tertiary/aromatic N) is 2. The van der Waals surface area contributed by atoms with E-state index < -0.39 is 17.7 Å². The Morgan fingerprint density at radius 2 is 2.08 bits per heavy atom. The molecule has 0 spiro atoms. The highest BCUT2D eigenvalue weighted by molar-refractivity contribution is 5.83. The van der Waals surface area contributed by atoms with Gasteiger partial charge in [-0.2, -0.15) is 0 Å². The number of halogens is 2. The summed E-state index contributed by atoms with van der Waals surface area (Å²) in [5, 5.41) is 0. The molecule has 5 nitrogen and oxygen atoms in total. The van der Waals surface area contributed by atoms with E-state index in [1.54, 1.807) is 11.0 Å². The quantitative estimate of drug-likeness (QED) is 0.818. The summed E-state index contributed by atoms with van der Waals surface area (Å²) in [6.07, 6.45) is 2.97. The van der Waals surface area contributed by atoms with E-state index >= 15 is 0 Å². The molecule has 0 aromatic heterocycles. The highest BCUT2D eigenvalue weighted by Crippen LogP contribution is 2.22. The summed E-state index contributed by atoms with van der Waals surface area (Å²) >= 11 is 0. The zero-order valence-corrected chi connectivity index (χ0v) is 14.0. The number of benzene rings is 1. The number of hydrogen-bond acceptors (Lipinski definition) is 3. The molecule has 7 heteroatoms. The standard InChI is InChI=1S/C18H22F2N2O3/c19-15-6-5-13(10-16(15)20)3-4-14-2-1-7-21(11-14)17(23)12-22-8-9-25-18(22)24/h5-6,10,14H,1-4,7-9,11-12H2. The summed E-state index contributed by atoms with van der Waals surface area (Å²) in [6, 6.07) is 3.99. The predicted octanol–water partition coefficient (Wildman–Crippen LogP) is 2.59. The molecule has 1 unspecified atom stereocenters. The topological polar surface area (TPSA) is 49.9 Å². The van der Waals surface area contributed by atoms with Gasteiger partial charge < -0.3 is 9.64 Å². The average Bonchev–Trinajstić information content (AvgIpc) is 3.01. The van der Waals surface area contributed by atoms with Gasteiger partial charge in [0, 0.05) is 13.1 Å². The molecule has 2 amide bonds. The number of piperidine rings is 1. The maximum atomic E-state index is 13.3. The molecule has 0 radical (unpaired) electrons. The Hall–Kier alpha value is -2.18. The van der Waals surface area contributed by atoms with Crippen molar-refractivity contribution < 1.29 is 23.1 Å². The lowest BCUT2D eigenvalue weighted by Crippen LogP contribution is -2.45. The van der Waals surface area contributed by atoms with Gasteiger partial charge in [0.05, 0.1) is 6.54 Å². The second kappa shape index (κ2) is 7.80. The van der Waals surface area contributed by atoms with Crippen molar-refractivity contribution in [3.05, 3.63) is 35.4 Å². The molecule has 0 bridgehead atoms. The molecule has 3 rings (SSSR count). The normalized spacial score (nSPS) is 20.7. The largest absolute Gasteiger partial charge is 0.448 e. The van der Waals surface area contributed by atoms with E-state index in [0.29, 0.717) is 38.6 Å². The third-order valence-electron chi connectivity index (χ3n) is 4.87. The van der Waals surface area contributed by atoms with Gasteiger partial charge in [-0.1, -0.05) is 6.07 Å². The smallest absolute Gasteiger partial charge is 0.410 e. The number of cyclic esters (lactones) is 1. The lowest BCUT2D eigenvalue weighted by Gasteiger charge is -2.33. The van der Waals surface area contributed by atoms with E-state index in [-0.39, 0.29) is 12.5 Å². The number of hydrogen-bond donors (Lipinski definition) is 0. The van der Waals surface area contributed by atoms with Gasteiger partial charge in [-0.3, -0.25) is 9.69 Å². The van der Waals surface area contributed by atoms with Crippen molar-refractivity contribution in [2.45, 2.75) is 25.7 Å². The van der Waals surface area contributed by atoms with Gasteiger partial charge >= 0.3 is 6.09 Å². The third kappa shape index (κ3) is 4.46. The monoisotopic (exact) mass is 352 g/mol. The molecule has 25 heavy (non-hydrogen) atoms. The van der Waals surface area contributed by atoms with Crippen LogP contribution in [0.4, 0.5) is 13.6 Å². The van der Waals surface area contributed by atoms with Gasteiger partial charge in [-0.25, -0.2) is 13.6 Å². The first-order valence-electron chi connectivity index (χ1n) is 8.66. The van der Waals surface area contributed by atoms with Gasteiger partial charge in [-0.05, 0) is 49.3 Å². The summed E-state index contributed by atoms with van der Waals surface area (Å²) in [7, 11) is 0. The van der Waals surface area contributed by atoms with Crippen molar-refractivity contribution in [3.8, 4) is 0 Å². The Morgan fingerprint density at radius 1 is 1.24 bits per heavy atom. The SMILES string of the molecule is O=C(CN1CCOC1=O)N1CCCC(CCc2ccc(F)c(F)c2)C1. The Bertz CT molecular complexity index is 653. The summed E-state index contributed by atoms with van der Waals surface area (Å²) in [6.45, 7) is 2.20. The first-order valence-corrected chi connectivity index (χ1v) is 8.66. The molecular formula is C18H22F2N2O3. The molecule has 0 N–H and O–H groups in total. The fourth-order valence-corrected chi connectivity index (χ4v) is 3.43. The minimum atomic E-state index is -0.835. The zero-order valence-electron chi connectivity index (χ0n) is 14.0. The van der Waals surface area contributed by atoms with Crippen LogP contribution in [-0.2, 0) is 16.0 Å². The fraction of sp³-hybridized carbons (Fsp3) is 0.556. The Labute approximate surface area is 145 Å². The number of carbonyl (C=O) groups is 2. The highest BCUT2D eigenvalue weighted by atomic mass is 19.2. The molecule has 2 heterocycles. The van der Waals surface area contributed by atoms with E-state index in [9.17, 15) is 18.4 Å². The molecule has 2 fully saturated rings. The van der Waals surface area contributed by atoms with Gasteiger partial charge in [0.1, 0.15) is 13.2 Å². The number of amides is 2. The predicted molar refractivity (Wildman–Crippen MR) is 86.9 cm³/mol. The molecule has 2 aliphatic rings. The number of carbonyl (C=O) groups excluding carboxylic acids is 2. The van der Waals surface area contributed by atoms with Crippen molar-refractivity contribution in [3.63, 3.8) is 0 Å². The van der Waals surface area contributed by atoms with Crippen LogP contribution in [-0.4, -0.2) is 54.6 Å². The van der Waals surface area contributed by atoms with Crippen molar-refractivity contribution in [2.24, 2.45) is 5.92 Å². The van der Waals surface area contributed by atoms with Crippen molar-refractivity contribution in [1.29, 1.82) is 0 Å². The van der Waals surface area contributed by atoms with E-state index in [4.69, 9.17) is 4.74 Å². The van der Waals surface area contributed by atoms with Crippen LogP contribution >= 0.6 is 0 Å². The van der Waals surface area contributed by atoms with Crippen LogP contribution in [0.3, 0.4) is 0 Å². The Balaban J connectivity index is 1.49. The van der Waals surface area contributed by atoms with Crippen LogP contribution < -0.4 is 0 Å². The summed E-state index contributed by atoms with van der Waals surface area (Å²) < 4.78 is 31.1. The minimum absolute atomic E-state index is 0.0589. The first kappa shape index (κ1) is 17.6. The third-order valence-corrected chi connectivity index (χ3v) is 4.87. The lowest BCUT2D eigenvalue weighted by molar-refractivity contribution is -0.133. The summed E-state index contributed by atoms with van der Waals surface area (Å²) in [5.41, 5.74) is 0.766. The molecule has 136 valence electrons. The Kier molecular flexibility index (Phi) is 5.50. The highest BCUT2D eigenvalue weighted by Gasteiger charge is 2.29. The van der Waals surface area contributed by atoms with E-state index in [1.807, 2.05) is 0 Å². The first-order chi connectivity index (χ1) is 12.0. The summed E-state index contributed by atoms with van der Waals surface area (Å²) in [5.74, 6) is -1.39. The van der Waals surface area contributed by atoms with Crippen molar-refractivity contribution >= 4 is 12.0 Å². The second-order valence-electron chi connectivity index (χ2n) is 6.67. The van der Waals surface area contributed by atoms with Gasteiger partial charge in [0.15, 0.2) is 11.6 Å². The number of rotatable bonds is 5. The van der Waals surface area contributed by atoms with Crippen molar-refractivity contribution in [2.75, 3.05) is 32.8 Å². The molecular weight excluding hydrogens is 330 g/mol.